The summed E-state index contributed by atoms with van der Waals surface area (Å²) >= 11 is 0. The van der Waals surface area contributed by atoms with E-state index in [0.717, 1.165) is 43.4 Å². The van der Waals surface area contributed by atoms with Crippen molar-refractivity contribution in [2.24, 2.45) is 0 Å². The van der Waals surface area contributed by atoms with Crippen molar-refractivity contribution in [2.45, 2.75) is 38.9 Å². The summed E-state index contributed by atoms with van der Waals surface area (Å²) in [6.07, 6.45) is 3.67. The second kappa shape index (κ2) is 8.09. The lowest BCUT2D eigenvalue weighted by Gasteiger charge is -2.11. The molecular weight excluding hydrogens is 260 g/mol. The van der Waals surface area contributed by atoms with Gasteiger partial charge in [0, 0.05) is 41.5 Å². The lowest BCUT2D eigenvalue weighted by atomic mass is 10.3. The smallest absolute Gasteiger partial charge is 0.131 e. The van der Waals surface area contributed by atoms with Crippen molar-refractivity contribution in [2.75, 3.05) is 30.0 Å². The molecule has 0 aliphatic heterocycles. The van der Waals surface area contributed by atoms with Crippen LogP contribution in [0.3, 0.4) is 0 Å². The number of nitrogens with one attached hydrogen (secondary N) is 2. The van der Waals surface area contributed by atoms with Crippen LogP contribution >= 0.6 is 0 Å². The van der Waals surface area contributed by atoms with Crippen molar-refractivity contribution >= 4 is 22.4 Å². The molecule has 1 aromatic rings. The molecular formula is C13H24N4OS. The van der Waals surface area contributed by atoms with Gasteiger partial charge in [0.2, 0.25) is 0 Å². The molecule has 1 rings (SSSR count). The molecule has 0 saturated heterocycles. The molecule has 0 aliphatic carbocycles. The third-order valence-corrected chi connectivity index (χ3v) is 4.19. The summed E-state index contributed by atoms with van der Waals surface area (Å²) in [6, 6.07) is 1.91. The van der Waals surface area contributed by atoms with Crippen LogP contribution in [0.4, 0.5) is 11.6 Å². The van der Waals surface area contributed by atoms with E-state index in [4.69, 9.17) is 0 Å². The molecule has 6 heteroatoms. The maximum absolute atomic E-state index is 11.3. The molecule has 1 heterocycles. The van der Waals surface area contributed by atoms with Crippen molar-refractivity contribution in [3.63, 3.8) is 0 Å². The minimum Gasteiger partial charge on any atom is -0.370 e. The van der Waals surface area contributed by atoms with E-state index < -0.39 is 10.8 Å². The molecule has 0 bridgehead atoms. The standard InChI is InChI=1S/C13H24N4OS/c1-5-7-14-12-9-13(17-11(3)16-12)15-8-6-10(2)19(4)18/h9-10H,5-8H2,1-4H3,(H2,14,15,16,17). The Kier molecular flexibility index (Phi) is 6.77. The van der Waals surface area contributed by atoms with Gasteiger partial charge in [0.05, 0.1) is 0 Å². The molecule has 0 aliphatic rings. The Morgan fingerprint density at radius 2 is 1.84 bits per heavy atom. The molecule has 0 saturated carbocycles. The fourth-order valence-electron chi connectivity index (χ4n) is 1.57. The number of hydrogen-bond acceptors (Lipinski definition) is 5. The number of aryl methyl sites for hydroxylation is 1. The number of nitrogens with zero attached hydrogens (tertiary/aromatic N) is 2. The fraction of sp³-hybridized carbons (Fsp3) is 0.692. The molecule has 2 unspecified atom stereocenters. The van der Waals surface area contributed by atoms with Crippen molar-refractivity contribution in [3.8, 4) is 0 Å². The normalized spacial score (nSPS) is 13.9. The average Bonchev–Trinajstić information content (AvgIpc) is 2.35. The monoisotopic (exact) mass is 284 g/mol. The first-order valence-corrected chi connectivity index (χ1v) is 8.30. The Balaban J connectivity index is 2.53. The third kappa shape index (κ3) is 6.00. The summed E-state index contributed by atoms with van der Waals surface area (Å²) in [5.41, 5.74) is 0. The number of anilines is 2. The van der Waals surface area contributed by atoms with Gasteiger partial charge in [0.25, 0.3) is 0 Å². The van der Waals surface area contributed by atoms with Crippen LogP contribution in [0.2, 0.25) is 0 Å². The van der Waals surface area contributed by atoms with Crippen LogP contribution in [-0.4, -0.2) is 38.8 Å². The molecule has 108 valence electrons. The van der Waals surface area contributed by atoms with Crippen LogP contribution in [0, 0.1) is 6.92 Å². The van der Waals surface area contributed by atoms with E-state index in [1.54, 1.807) is 6.26 Å². The van der Waals surface area contributed by atoms with Gasteiger partial charge in [-0.1, -0.05) is 13.8 Å². The molecule has 5 nitrogen and oxygen atoms in total. The summed E-state index contributed by atoms with van der Waals surface area (Å²) in [6.45, 7) is 7.67. The summed E-state index contributed by atoms with van der Waals surface area (Å²) in [5, 5.41) is 6.72. The summed E-state index contributed by atoms with van der Waals surface area (Å²) in [5.74, 6) is 2.42. The predicted octanol–water partition coefficient (Wildman–Crippen LogP) is 2.18. The van der Waals surface area contributed by atoms with Crippen LogP contribution in [0.15, 0.2) is 6.07 Å². The van der Waals surface area contributed by atoms with E-state index in [2.05, 4.69) is 27.5 Å². The Hall–Kier alpha value is -1.17. The summed E-state index contributed by atoms with van der Waals surface area (Å²) in [4.78, 5) is 8.68. The van der Waals surface area contributed by atoms with Crippen LogP contribution in [0.1, 0.15) is 32.5 Å². The van der Waals surface area contributed by atoms with Crippen molar-refractivity contribution in [1.82, 2.24) is 9.97 Å². The highest BCUT2D eigenvalue weighted by atomic mass is 32.2. The van der Waals surface area contributed by atoms with Crippen molar-refractivity contribution < 1.29 is 4.21 Å². The molecule has 0 spiro atoms. The third-order valence-electron chi connectivity index (χ3n) is 2.82. The number of hydrogen-bond donors (Lipinski definition) is 2. The van der Waals surface area contributed by atoms with Gasteiger partial charge in [0.15, 0.2) is 0 Å². The zero-order valence-electron chi connectivity index (χ0n) is 12.2. The van der Waals surface area contributed by atoms with Gasteiger partial charge in [-0.15, -0.1) is 0 Å². The second-order valence-corrected chi connectivity index (χ2v) is 6.44. The molecule has 19 heavy (non-hydrogen) atoms. The zero-order chi connectivity index (χ0) is 14.3. The highest BCUT2D eigenvalue weighted by Gasteiger charge is 2.06. The van der Waals surface area contributed by atoms with Gasteiger partial charge in [-0.3, -0.25) is 4.21 Å². The average molecular weight is 284 g/mol. The quantitative estimate of drug-likeness (QED) is 0.766. The first-order valence-electron chi connectivity index (χ1n) is 6.68. The van der Waals surface area contributed by atoms with Gasteiger partial charge in [-0.25, -0.2) is 9.97 Å². The van der Waals surface area contributed by atoms with E-state index in [-0.39, 0.29) is 5.25 Å². The Morgan fingerprint density at radius 1 is 1.26 bits per heavy atom. The van der Waals surface area contributed by atoms with Crippen LogP contribution in [0.25, 0.3) is 0 Å². The Labute approximate surface area is 118 Å². The highest BCUT2D eigenvalue weighted by molar-refractivity contribution is 7.84. The zero-order valence-corrected chi connectivity index (χ0v) is 13.0. The van der Waals surface area contributed by atoms with Crippen LogP contribution in [0.5, 0.6) is 0 Å². The van der Waals surface area contributed by atoms with Gasteiger partial charge in [-0.2, -0.15) is 0 Å². The van der Waals surface area contributed by atoms with Gasteiger partial charge in [0.1, 0.15) is 17.5 Å². The molecule has 0 fully saturated rings. The minimum atomic E-state index is -0.766. The van der Waals surface area contributed by atoms with Crippen LogP contribution < -0.4 is 10.6 Å². The van der Waals surface area contributed by atoms with Gasteiger partial charge < -0.3 is 10.6 Å². The maximum Gasteiger partial charge on any atom is 0.131 e. The Bertz CT molecular complexity index is 425. The van der Waals surface area contributed by atoms with E-state index in [0.29, 0.717) is 0 Å². The lowest BCUT2D eigenvalue weighted by Crippen LogP contribution is -2.15. The molecule has 0 radical (unpaired) electrons. The van der Waals surface area contributed by atoms with E-state index in [1.807, 2.05) is 19.9 Å². The summed E-state index contributed by atoms with van der Waals surface area (Å²) < 4.78 is 11.3. The second-order valence-electron chi connectivity index (χ2n) is 4.64. The SMILES string of the molecule is CCCNc1cc(NCCC(C)S(C)=O)nc(C)n1. The predicted molar refractivity (Wildman–Crippen MR) is 82.2 cm³/mol. The number of aromatic nitrogens is 2. The highest BCUT2D eigenvalue weighted by Crippen LogP contribution is 2.11. The first-order chi connectivity index (χ1) is 9.02. The van der Waals surface area contributed by atoms with Crippen molar-refractivity contribution in [3.05, 3.63) is 11.9 Å². The van der Waals surface area contributed by atoms with Gasteiger partial charge in [-0.05, 0) is 19.8 Å². The molecule has 0 aromatic carbocycles. The molecule has 2 N–H and O–H groups in total. The van der Waals surface area contributed by atoms with E-state index in [1.165, 1.54) is 0 Å². The van der Waals surface area contributed by atoms with E-state index in [9.17, 15) is 4.21 Å². The summed E-state index contributed by atoms with van der Waals surface area (Å²) in [7, 11) is -0.766. The fourth-order valence-corrected chi connectivity index (χ4v) is 2.02. The van der Waals surface area contributed by atoms with Gasteiger partial charge >= 0.3 is 0 Å². The van der Waals surface area contributed by atoms with Crippen molar-refractivity contribution in [1.29, 1.82) is 0 Å². The first kappa shape index (κ1) is 15.9. The van der Waals surface area contributed by atoms with Crippen LogP contribution in [-0.2, 0) is 10.8 Å². The number of rotatable bonds is 8. The minimum absolute atomic E-state index is 0.202. The molecule has 1 aromatic heterocycles. The lowest BCUT2D eigenvalue weighted by molar-refractivity contribution is 0.672. The molecule has 0 amide bonds. The Morgan fingerprint density at radius 3 is 2.37 bits per heavy atom. The van der Waals surface area contributed by atoms with E-state index >= 15 is 0 Å². The largest absolute Gasteiger partial charge is 0.370 e. The molecule has 2 atom stereocenters. The topological polar surface area (TPSA) is 66.9 Å². The maximum atomic E-state index is 11.3.